The summed E-state index contributed by atoms with van der Waals surface area (Å²) in [7, 11) is 1.59. The van der Waals surface area contributed by atoms with E-state index in [4.69, 9.17) is 14.2 Å². The number of rotatable bonds is 5. The summed E-state index contributed by atoms with van der Waals surface area (Å²) in [5.41, 5.74) is 0.612. The fourth-order valence-corrected chi connectivity index (χ4v) is 2.64. The molecule has 2 aromatic rings. The molecule has 0 aliphatic carbocycles. The van der Waals surface area contributed by atoms with Gasteiger partial charge in [0.25, 0.3) is 5.91 Å². The van der Waals surface area contributed by atoms with Gasteiger partial charge in [0, 0.05) is 12.1 Å². The highest BCUT2D eigenvalue weighted by Crippen LogP contribution is 2.16. The molecule has 1 atom stereocenters. The van der Waals surface area contributed by atoms with Crippen LogP contribution in [0.5, 0.6) is 11.5 Å². The van der Waals surface area contributed by atoms with E-state index in [1.54, 1.807) is 48.4 Å². The number of ether oxygens (including phenoxy) is 3. The molecule has 1 aliphatic rings. The van der Waals surface area contributed by atoms with Crippen molar-refractivity contribution in [2.24, 2.45) is 0 Å². The number of methoxy groups -OCH3 is 1. The number of morpholine rings is 1. The fourth-order valence-electron chi connectivity index (χ4n) is 2.64. The molecule has 0 aromatic heterocycles. The number of halogens is 1. The lowest BCUT2D eigenvalue weighted by molar-refractivity contribution is -0.0401. The highest BCUT2D eigenvalue weighted by Gasteiger charge is 2.25. The van der Waals surface area contributed by atoms with Gasteiger partial charge in [0.1, 0.15) is 30.0 Å². The van der Waals surface area contributed by atoms with E-state index in [0.717, 1.165) is 0 Å². The number of hydrogen-bond donors (Lipinski definition) is 0. The molecule has 0 radical (unpaired) electrons. The van der Waals surface area contributed by atoms with Gasteiger partial charge in [0.2, 0.25) is 0 Å². The van der Waals surface area contributed by atoms with E-state index in [1.165, 1.54) is 12.1 Å². The lowest BCUT2D eigenvalue weighted by Crippen LogP contribution is -2.47. The van der Waals surface area contributed by atoms with Gasteiger partial charge < -0.3 is 19.1 Å². The lowest BCUT2D eigenvalue weighted by atomic mass is 10.1. The highest BCUT2D eigenvalue weighted by atomic mass is 19.1. The van der Waals surface area contributed by atoms with Crippen LogP contribution in [-0.4, -0.2) is 50.3 Å². The molecule has 5 nitrogen and oxygen atoms in total. The van der Waals surface area contributed by atoms with Crippen molar-refractivity contribution in [2.45, 2.75) is 6.10 Å². The molecule has 0 bridgehead atoms. The molecule has 1 amide bonds. The molecule has 0 N–H and O–H groups in total. The number of carbonyl (C=O) groups excluding carboxylic acids is 1. The largest absolute Gasteiger partial charge is 0.497 e. The molecular formula is C19H20FNO4. The molecule has 3 rings (SSSR count). The summed E-state index contributed by atoms with van der Waals surface area (Å²) < 4.78 is 29.3. The normalized spacial score (nSPS) is 17.2. The van der Waals surface area contributed by atoms with Crippen molar-refractivity contribution in [3.63, 3.8) is 0 Å². The topological polar surface area (TPSA) is 48.0 Å². The standard InChI is InChI=1S/C19H20FNO4/c1-23-16-6-2-14(3-7-16)19(22)21-10-11-24-18(12-21)13-25-17-8-4-15(20)5-9-17/h2-9,18H,10-13H2,1H3/t18-/m1/s1. The lowest BCUT2D eigenvalue weighted by Gasteiger charge is -2.33. The van der Waals surface area contributed by atoms with E-state index in [0.29, 0.717) is 43.4 Å². The van der Waals surface area contributed by atoms with Crippen molar-refractivity contribution in [3.05, 3.63) is 59.9 Å². The van der Waals surface area contributed by atoms with Crippen LogP contribution in [0.15, 0.2) is 48.5 Å². The summed E-state index contributed by atoms with van der Waals surface area (Å²) in [5, 5.41) is 0. The predicted octanol–water partition coefficient (Wildman–Crippen LogP) is 2.75. The predicted molar refractivity (Wildman–Crippen MR) is 90.5 cm³/mol. The Hall–Kier alpha value is -2.60. The third-order valence-electron chi connectivity index (χ3n) is 4.01. The van der Waals surface area contributed by atoms with Gasteiger partial charge in [0.05, 0.1) is 20.3 Å². The number of amides is 1. The summed E-state index contributed by atoms with van der Waals surface area (Å²) in [6.07, 6.45) is -0.221. The van der Waals surface area contributed by atoms with Gasteiger partial charge >= 0.3 is 0 Å². The van der Waals surface area contributed by atoms with Crippen molar-refractivity contribution in [3.8, 4) is 11.5 Å². The summed E-state index contributed by atoms with van der Waals surface area (Å²) in [6, 6.07) is 12.9. The minimum atomic E-state index is -0.308. The molecule has 0 spiro atoms. The van der Waals surface area contributed by atoms with Crippen molar-refractivity contribution >= 4 is 5.91 Å². The highest BCUT2D eigenvalue weighted by molar-refractivity contribution is 5.94. The Balaban J connectivity index is 1.56. The minimum absolute atomic E-state index is 0.0438. The van der Waals surface area contributed by atoms with Gasteiger partial charge in [-0.2, -0.15) is 0 Å². The zero-order valence-corrected chi connectivity index (χ0v) is 14.0. The average Bonchev–Trinajstić information content (AvgIpc) is 2.67. The Morgan fingerprint density at radius 2 is 1.84 bits per heavy atom. The molecule has 0 unspecified atom stereocenters. The summed E-state index contributed by atoms with van der Waals surface area (Å²) in [6.45, 7) is 1.75. The number of nitrogens with zero attached hydrogens (tertiary/aromatic N) is 1. The Labute approximate surface area is 145 Å². The number of carbonyl (C=O) groups is 1. The second-order valence-electron chi connectivity index (χ2n) is 5.74. The van der Waals surface area contributed by atoms with Gasteiger partial charge in [-0.25, -0.2) is 4.39 Å². The van der Waals surface area contributed by atoms with Gasteiger partial charge in [0.15, 0.2) is 0 Å². The van der Waals surface area contributed by atoms with Crippen LogP contribution in [0.2, 0.25) is 0 Å². The van der Waals surface area contributed by atoms with Crippen LogP contribution in [0, 0.1) is 5.82 Å². The first-order valence-corrected chi connectivity index (χ1v) is 8.09. The number of benzene rings is 2. The summed E-state index contributed by atoms with van der Waals surface area (Å²) in [4.78, 5) is 14.4. The molecule has 132 valence electrons. The molecular weight excluding hydrogens is 325 g/mol. The van der Waals surface area contributed by atoms with Crippen LogP contribution in [-0.2, 0) is 4.74 Å². The van der Waals surface area contributed by atoms with Crippen LogP contribution in [0.3, 0.4) is 0 Å². The maximum absolute atomic E-state index is 12.9. The summed E-state index contributed by atoms with van der Waals surface area (Å²) in [5.74, 6) is 0.933. The van der Waals surface area contributed by atoms with E-state index in [9.17, 15) is 9.18 Å². The smallest absolute Gasteiger partial charge is 0.254 e. The maximum atomic E-state index is 12.9. The number of hydrogen-bond acceptors (Lipinski definition) is 4. The van der Waals surface area contributed by atoms with Gasteiger partial charge in [-0.1, -0.05) is 0 Å². The van der Waals surface area contributed by atoms with Crippen LogP contribution in [0.1, 0.15) is 10.4 Å². The quantitative estimate of drug-likeness (QED) is 0.836. The molecule has 2 aromatic carbocycles. The molecule has 1 fully saturated rings. The zero-order chi connectivity index (χ0) is 17.6. The van der Waals surface area contributed by atoms with Crippen LogP contribution in [0.4, 0.5) is 4.39 Å². The van der Waals surface area contributed by atoms with Crippen molar-refractivity contribution < 1.29 is 23.4 Å². The second-order valence-corrected chi connectivity index (χ2v) is 5.74. The van der Waals surface area contributed by atoms with Crippen molar-refractivity contribution in [2.75, 3.05) is 33.4 Å². The van der Waals surface area contributed by atoms with E-state index < -0.39 is 0 Å². The Kier molecular flexibility index (Phi) is 5.50. The van der Waals surface area contributed by atoms with Gasteiger partial charge in [-0.15, -0.1) is 0 Å². The van der Waals surface area contributed by atoms with Crippen LogP contribution in [0.25, 0.3) is 0 Å². The molecule has 1 aliphatic heterocycles. The average molecular weight is 345 g/mol. The van der Waals surface area contributed by atoms with Gasteiger partial charge in [-0.05, 0) is 48.5 Å². The third kappa shape index (κ3) is 4.48. The van der Waals surface area contributed by atoms with Crippen molar-refractivity contribution in [1.82, 2.24) is 4.90 Å². The van der Waals surface area contributed by atoms with E-state index in [-0.39, 0.29) is 17.8 Å². The minimum Gasteiger partial charge on any atom is -0.497 e. The molecule has 6 heteroatoms. The van der Waals surface area contributed by atoms with E-state index in [2.05, 4.69) is 0 Å². The van der Waals surface area contributed by atoms with Crippen LogP contribution < -0.4 is 9.47 Å². The zero-order valence-electron chi connectivity index (χ0n) is 14.0. The van der Waals surface area contributed by atoms with Crippen LogP contribution >= 0.6 is 0 Å². The van der Waals surface area contributed by atoms with E-state index >= 15 is 0 Å². The first-order chi connectivity index (χ1) is 12.2. The third-order valence-corrected chi connectivity index (χ3v) is 4.01. The Morgan fingerprint density at radius 1 is 1.16 bits per heavy atom. The van der Waals surface area contributed by atoms with E-state index in [1.807, 2.05) is 0 Å². The SMILES string of the molecule is COc1ccc(C(=O)N2CCO[C@@H](COc3ccc(F)cc3)C2)cc1. The molecule has 1 heterocycles. The Bertz CT molecular complexity index is 702. The fraction of sp³-hybridized carbons (Fsp3) is 0.316. The molecule has 25 heavy (non-hydrogen) atoms. The molecule has 0 saturated carbocycles. The second kappa shape index (κ2) is 7.98. The maximum Gasteiger partial charge on any atom is 0.254 e. The van der Waals surface area contributed by atoms with Crippen molar-refractivity contribution in [1.29, 1.82) is 0 Å². The Morgan fingerprint density at radius 3 is 2.52 bits per heavy atom. The first-order valence-electron chi connectivity index (χ1n) is 8.09. The monoisotopic (exact) mass is 345 g/mol. The molecule has 1 saturated heterocycles. The van der Waals surface area contributed by atoms with Gasteiger partial charge in [-0.3, -0.25) is 4.79 Å². The summed E-state index contributed by atoms with van der Waals surface area (Å²) >= 11 is 0. The first kappa shape index (κ1) is 17.2.